The number of hydrogen-bond acceptors (Lipinski definition) is 6. The number of nitrogens with one attached hydrogen (secondary N) is 4. The zero-order chi connectivity index (χ0) is 49.9. The highest BCUT2D eigenvalue weighted by atomic mass is 16.2. The fourth-order valence-electron chi connectivity index (χ4n) is 11.3. The molecule has 2 heterocycles. The van der Waals surface area contributed by atoms with Crippen LogP contribution in [-0.4, -0.2) is 95.6 Å². The number of amides is 6. The van der Waals surface area contributed by atoms with Crippen LogP contribution in [0.3, 0.4) is 0 Å². The number of carbonyl (C=O) groups excluding carboxylic acids is 6. The fraction of sp³-hybridized carbons (Fsp3) is 0.885. The van der Waals surface area contributed by atoms with Crippen molar-refractivity contribution in [1.29, 1.82) is 0 Å². The maximum Gasteiger partial charge on any atom is 0.226 e. The first-order valence-electron chi connectivity index (χ1n) is 24.7. The van der Waals surface area contributed by atoms with Gasteiger partial charge in [-0.05, 0) is 123 Å². The van der Waals surface area contributed by atoms with Crippen molar-refractivity contribution in [2.45, 2.75) is 238 Å². The Bertz CT molecular complexity index is 1600. The number of likely N-dealkylation sites (tertiary alicyclic amines) is 2. The van der Waals surface area contributed by atoms with Crippen LogP contribution >= 0.6 is 0 Å². The molecule has 12 nitrogen and oxygen atoms in total. The summed E-state index contributed by atoms with van der Waals surface area (Å²) in [7, 11) is 3.29. The van der Waals surface area contributed by atoms with Crippen molar-refractivity contribution in [3.05, 3.63) is 0 Å². The SMILES string of the molecule is CCC(C)(CC(C)(CC(C)N1CCCC1=O)C(=O)NC)C(=O)NC(C)(C)CC(C)(C)C.CCC(C)(CC(C)(CC(C)N1CCCCCC1=O)C(=O)NC)C(=O)NC(C)(C)CC(C)(C)C. The second-order valence-electron chi connectivity index (χ2n) is 24.8. The molecule has 6 atom stereocenters. The summed E-state index contributed by atoms with van der Waals surface area (Å²) in [4.78, 5) is 81.9. The van der Waals surface area contributed by atoms with Gasteiger partial charge in [0.1, 0.15) is 0 Å². The van der Waals surface area contributed by atoms with E-state index in [9.17, 15) is 28.8 Å². The molecule has 0 aromatic rings. The van der Waals surface area contributed by atoms with Crippen molar-refractivity contribution in [3.63, 3.8) is 0 Å². The second kappa shape index (κ2) is 23.0. The van der Waals surface area contributed by atoms with E-state index in [2.05, 4.69) is 90.5 Å². The minimum absolute atomic E-state index is 0.00659. The summed E-state index contributed by atoms with van der Waals surface area (Å²) in [6.07, 6.45) is 9.95. The fourth-order valence-corrected chi connectivity index (χ4v) is 11.3. The summed E-state index contributed by atoms with van der Waals surface area (Å²) < 4.78 is 0. The molecule has 0 radical (unpaired) electrons. The van der Waals surface area contributed by atoms with Crippen LogP contribution in [-0.2, 0) is 28.8 Å². The molecule has 0 bridgehead atoms. The van der Waals surface area contributed by atoms with Gasteiger partial charge in [0, 0.05) is 84.8 Å². The molecule has 64 heavy (non-hydrogen) atoms. The quantitative estimate of drug-likeness (QED) is 0.0955. The molecule has 0 aromatic heterocycles. The van der Waals surface area contributed by atoms with Crippen LogP contribution in [0.15, 0.2) is 0 Å². The van der Waals surface area contributed by atoms with Crippen LogP contribution in [0, 0.1) is 32.5 Å². The van der Waals surface area contributed by atoms with Crippen molar-refractivity contribution in [3.8, 4) is 0 Å². The third-order valence-electron chi connectivity index (χ3n) is 13.9. The summed E-state index contributed by atoms with van der Waals surface area (Å²) in [5, 5.41) is 12.2. The van der Waals surface area contributed by atoms with Crippen molar-refractivity contribution in [2.75, 3.05) is 27.2 Å². The molecule has 2 saturated heterocycles. The predicted octanol–water partition coefficient (Wildman–Crippen LogP) is 9.33. The first kappa shape index (κ1) is 58.8. The summed E-state index contributed by atoms with van der Waals surface area (Å²) in [6, 6.07) is -0.0989. The minimum atomic E-state index is -0.767. The Morgan fingerprint density at radius 3 is 1.11 bits per heavy atom. The van der Waals surface area contributed by atoms with E-state index in [0.717, 1.165) is 51.6 Å². The average Bonchev–Trinajstić information content (AvgIpc) is 3.46. The molecule has 0 aromatic carbocycles. The van der Waals surface area contributed by atoms with Gasteiger partial charge >= 0.3 is 0 Å². The topological polar surface area (TPSA) is 157 Å². The van der Waals surface area contributed by atoms with Gasteiger partial charge in [-0.15, -0.1) is 0 Å². The number of hydrogen-bond donors (Lipinski definition) is 4. The van der Waals surface area contributed by atoms with E-state index in [1.165, 1.54) is 0 Å². The van der Waals surface area contributed by atoms with Gasteiger partial charge in [0.2, 0.25) is 35.4 Å². The summed E-state index contributed by atoms with van der Waals surface area (Å²) in [6.45, 7) is 38.7. The van der Waals surface area contributed by atoms with Gasteiger partial charge < -0.3 is 31.1 Å². The van der Waals surface area contributed by atoms with Crippen molar-refractivity contribution in [1.82, 2.24) is 31.1 Å². The molecule has 0 spiro atoms. The zero-order valence-corrected chi connectivity index (χ0v) is 44.8. The number of rotatable bonds is 20. The van der Waals surface area contributed by atoms with Gasteiger partial charge in [-0.2, -0.15) is 0 Å². The molecule has 12 heteroatoms. The molecule has 4 N–H and O–H groups in total. The Hall–Kier alpha value is -3.18. The molecule has 2 rings (SSSR count). The summed E-state index contributed by atoms with van der Waals surface area (Å²) in [5.74, 6) is 0.175. The highest BCUT2D eigenvalue weighted by molar-refractivity contribution is 5.87. The lowest BCUT2D eigenvalue weighted by Crippen LogP contribution is -2.54. The maximum atomic E-state index is 13.6. The predicted molar refractivity (Wildman–Crippen MR) is 262 cm³/mol. The Kier molecular flexibility index (Phi) is 21.2. The van der Waals surface area contributed by atoms with Crippen molar-refractivity contribution >= 4 is 35.4 Å². The lowest BCUT2D eigenvalue weighted by Gasteiger charge is -2.42. The van der Waals surface area contributed by atoms with Crippen molar-refractivity contribution in [2.24, 2.45) is 32.5 Å². The molecule has 0 aliphatic carbocycles. The van der Waals surface area contributed by atoms with Crippen molar-refractivity contribution < 1.29 is 28.8 Å². The van der Waals surface area contributed by atoms with Crippen LogP contribution in [0.1, 0.15) is 215 Å². The lowest BCUT2D eigenvalue weighted by atomic mass is 9.67. The lowest BCUT2D eigenvalue weighted by molar-refractivity contribution is -0.142. The van der Waals surface area contributed by atoms with E-state index in [0.29, 0.717) is 51.4 Å². The first-order chi connectivity index (χ1) is 29.0. The van der Waals surface area contributed by atoms with Gasteiger partial charge in [0.25, 0.3) is 0 Å². The van der Waals surface area contributed by atoms with E-state index in [1.807, 2.05) is 65.2 Å². The highest BCUT2D eigenvalue weighted by Crippen LogP contribution is 2.44. The number of nitrogens with zero attached hydrogens (tertiary/aromatic N) is 2. The third kappa shape index (κ3) is 17.9. The average molecular weight is 903 g/mol. The Morgan fingerprint density at radius 1 is 0.484 bits per heavy atom. The Balaban J connectivity index is 0.000000641. The minimum Gasteiger partial charge on any atom is -0.359 e. The molecule has 2 fully saturated rings. The normalized spacial score (nSPS) is 20.2. The van der Waals surface area contributed by atoms with Gasteiger partial charge in [-0.3, -0.25) is 28.8 Å². The maximum absolute atomic E-state index is 13.6. The monoisotopic (exact) mass is 903 g/mol. The molecule has 0 saturated carbocycles. The number of carbonyl (C=O) groups is 6. The Labute approximate surface area is 391 Å². The summed E-state index contributed by atoms with van der Waals surface area (Å²) >= 11 is 0. The standard InChI is InChI=1S/C27H51N3O3.C25H47N3O3/c1-11-26(8,23(33)29-25(6,7)18-24(3,4)5)19-27(9,22(32)28-10)17-20(2)30-16-14-12-13-15-21(30)31;1-11-24(8,21(31)27-23(6,7)16-22(3,4)5)17-25(9,20(30)26-10)15-18(2)28-14-12-13-19(28)29/h20H,11-19H2,1-10H3,(H,28,32)(H,29,33);18H,11-17H2,1-10H3,(H,26,30)(H,27,31). The van der Waals surface area contributed by atoms with E-state index in [1.54, 1.807) is 14.1 Å². The molecule has 2 aliphatic heterocycles. The van der Waals surface area contributed by atoms with Gasteiger partial charge in [0.05, 0.1) is 0 Å². The summed E-state index contributed by atoms with van der Waals surface area (Å²) in [5.41, 5.74) is -3.42. The van der Waals surface area contributed by atoms with Crippen LogP contribution < -0.4 is 21.3 Å². The molecular weight excluding hydrogens is 805 g/mol. The van der Waals surface area contributed by atoms with E-state index >= 15 is 0 Å². The molecular formula is C52H98N6O6. The molecule has 6 unspecified atom stereocenters. The van der Waals surface area contributed by atoms with Crippen LogP contribution in [0.2, 0.25) is 0 Å². The van der Waals surface area contributed by atoms with E-state index < -0.39 is 21.7 Å². The van der Waals surface area contributed by atoms with E-state index in [4.69, 9.17) is 0 Å². The third-order valence-corrected chi connectivity index (χ3v) is 13.9. The van der Waals surface area contributed by atoms with Gasteiger partial charge in [0.15, 0.2) is 0 Å². The second-order valence-corrected chi connectivity index (χ2v) is 24.8. The Morgan fingerprint density at radius 2 is 0.812 bits per heavy atom. The van der Waals surface area contributed by atoms with E-state index in [-0.39, 0.29) is 69.4 Å². The zero-order valence-electron chi connectivity index (χ0n) is 44.8. The smallest absolute Gasteiger partial charge is 0.226 e. The van der Waals surface area contributed by atoms with Crippen LogP contribution in [0.5, 0.6) is 0 Å². The molecule has 6 amide bonds. The van der Waals surface area contributed by atoms with Crippen LogP contribution in [0.4, 0.5) is 0 Å². The first-order valence-corrected chi connectivity index (χ1v) is 24.7. The highest BCUT2D eigenvalue weighted by Gasteiger charge is 2.48. The van der Waals surface area contributed by atoms with Gasteiger partial charge in [-0.1, -0.05) is 89.5 Å². The molecule has 2 aliphatic rings. The largest absolute Gasteiger partial charge is 0.359 e. The van der Waals surface area contributed by atoms with Crippen LogP contribution in [0.25, 0.3) is 0 Å². The molecule has 372 valence electrons. The van der Waals surface area contributed by atoms with Gasteiger partial charge in [-0.25, -0.2) is 0 Å².